The zero-order valence-corrected chi connectivity index (χ0v) is 13.7. The first-order valence-electron chi connectivity index (χ1n) is 8.05. The van der Waals surface area contributed by atoms with Crippen LogP contribution < -0.4 is 4.74 Å². The van der Waals surface area contributed by atoms with Crippen LogP contribution in [0.5, 0.6) is 5.75 Å². The van der Waals surface area contributed by atoms with Gasteiger partial charge in [0.15, 0.2) is 0 Å². The highest BCUT2D eigenvalue weighted by molar-refractivity contribution is 5.83. The van der Waals surface area contributed by atoms with E-state index in [1.807, 2.05) is 35.2 Å². The zero-order chi connectivity index (χ0) is 16.7. The van der Waals surface area contributed by atoms with Gasteiger partial charge in [0.05, 0.1) is 13.2 Å². The van der Waals surface area contributed by atoms with Gasteiger partial charge in [0, 0.05) is 30.7 Å². The largest absolute Gasteiger partial charge is 0.497 e. The van der Waals surface area contributed by atoms with Gasteiger partial charge >= 0.3 is 0 Å². The number of aromatic amines is 1. The van der Waals surface area contributed by atoms with Crippen LogP contribution in [0, 0.1) is 0 Å². The summed E-state index contributed by atoms with van der Waals surface area (Å²) in [4.78, 5) is 22.0. The minimum Gasteiger partial charge on any atom is -0.497 e. The number of hydrogen-bond donors (Lipinski definition) is 1. The Hall–Kier alpha value is -2.82. The van der Waals surface area contributed by atoms with E-state index in [4.69, 9.17) is 4.74 Å². The van der Waals surface area contributed by atoms with E-state index in [9.17, 15) is 4.79 Å². The first kappa shape index (κ1) is 14.8. The molecule has 1 unspecified atom stereocenters. The number of carbonyl (C=O) groups is 1. The average Bonchev–Trinajstić information content (AvgIpc) is 2.99. The van der Waals surface area contributed by atoms with Crippen molar-refractivity contribution in [2.24, 2.45) is 0 Å². The number of fused-ring (bicyclic) bond motifs is 3. The summed E-state index contributed by atoms with van der Waals surface area (Å²) in [6.07, 6.45) is 2.63. The molecular weight excluding hydrogens is 302 g/mol. The van der Waals surface area contributed by atoms with Crippen molar-refractivity contribution in [1.82, 2.24) is 14.9 Å². The third-order valence-electron chi connectivity index (χ3n) is 4.73. The fourth-order valence-corrected chi connectivity index (χ4v) is 3.59. The summed E-state index contributed by atoms with van der Waals surface area (Å²) in [5.74, 6) is 0.885. The van der Waals surface area contributed by atoms with E-state index in [2.05, 4.69) is 16.0 Å². The number of amides is 1. The predicted molar refractivity (Wildman–Crippen MR) is 92.0 cm³/mol. The Morgan fingerprint density at radius 3 is 2.79 bits per heavy atom. The molecule has 1 amide bonds. The van der Waals surface area contributed by atoms with Crippen LogP contribution >= 0.6 is 0 Å². The van der Waals surface area contributed by atoms with Crippen LogP contribution in [-0.4, -0.2) is 34.4 Å². The molecule has 1 aliphatic heterocycles. The highest BCUT2D eigenvalue weighted by atomic mass is 16.5. The number of H-pyrrole nitrogens is 1. The van der Waals surface area contributed by atoms with Crippen LogP contribution in [-0.2, 0) is 11.2 Å². The number of benzene rings is 1. The van der Waals surface area contributed by atoms with Crippen molar-refractivity contribution in [3.63, 3.8) is 0 Å². The number of nitrogens with one attached hydrogen (secondary N) is 1. The molecule has 3 heterocycles. The summed E-state index contributed by atoms with van der Waals surface area (Å²) in [5.41, 5.74) is 4.27. The minimum atomic E-state index is -0.119. The maximum Gasteiger partial charge on any atom is 0.220 e. The summed E-state index contributed by atoms with van der Waals surface area (Å²) in [6, 6.07) is 11.8. The van der Waals surface area contributed by atoms with Crippen LogP contribution in [0.2, 0.25) is 0 Å². The predicted octanol–water partition coefficient (Wildman–Crippen LogP) is 3.07. The molecule has 0 spiro atoms. The Morgan fingerprint density at radius 1 is 1.29 bits per heavy atom. The summed E-state index contributed by atoms with van der Waals surface area (Å²) in [5, 5.41) is 1.15. The molecule has 4 rings (SSSR count). The Morgan fingerprint density at radius 2 is 2.08 bits per heavy atom. The van der Waals surface area contributed by atoms with Crippen LogP contribution in [0.3, 0.4) is 0 Å². The van der Waals surface area contributed by atoms with E-state index in [-0.39, 0.29) is 11.9 Å². The molecule has 0 fully saturated rings. The quantitative estimate of drug-likeness (QED) is 0.789. The molecule has 24 heavy (non-hydrogen) atoms. The number of rotatable bonds is 2. The summed E-state index contributed by atoms with van der Waals surface area (Å²) >= 11 is 0. The van der Waals surface area contributed by atoms with Crippen molar-refractivity contribution in [1.29, 1.82) is 0 Å². The second-order valence-corrected chi connectivity index (χ2v) is 6.05. The molecule has 0 bridgehead atoms. The Kier molecular flexibility index (Phi) is 3.49. The van der Waals surface area contributed by atoms with Gasteiger partial charge in [-0.1, -0.05) is 12.1 Å². The number of methoxy groups -OCH3 is 1. The molecule has 1 N–H and O–H groups in total. The molecule has 3 aromatic rings. The van der Waals surface area contributed by atoms with Gasteiger partial charge in [-0.25, -0.2) is 4.98 Å². The molecule has 122 valence electrons. The standard InChI is InChI=1S/C19H19N3O2/c1-12(23)22-11-9-15-16-4-3-10-20-19(16)21-17(15)18(22)13-5-7-14(24-2)8-6-13/h3-8,10,18H,9,11H2,1-2H3,(H,20,21). The first-order chi connectivity index (χ1) is 11.7. The highest BCUT2D eigenvalue weighted by Gasteiger charge is 2.33. The van der Waals surface area contributed by atoms with Crippen molar-refractivity contribution < 1.29 is 9.53 Å². The van der Waals surface area contributed by atoms with E-state index >= 15 is 0 Å². The summed E-state index contributed by atoms with van der Waals surface area (Å²) in [7, 11) is 1.65. The smallest absolute Gasteiger partial charge is 0.220 e. The number of hydrogen-bond acceptors (Lipinski definition) is 3. The Bertz CT molecular complexity index is 899. The lowest BCUT2D eigenvalue weighted by molar-refractivity contribution is -0.130. The van der Waals surface area contributed by atoms with Crippen molar-refractivity contribution in [3.8, 4) is 5.75 Å². The maximum atomic E-state index is 12.2. The van der Waals surface area contributed by atoms with Crippen LogP contribution in [0.4, 0.5) is 0 Å². The molecule has 5 nitrogen and oxygen atoms in total. The fraction of sp³-hybridized carbons (Fsp3) is 0.263. The molecule has 1 aliphatic rings. The fourth-order valence-electron chi connectivity index (χ4n) is 3.59. The second-order valence-electron chi connectivity index (χ2n) is 6.05. The molecule has 0 radical (unpaired) electrons. The zero-order valence-electron chi connectivity index (χ0n) is 13.7. The van der Waals surface area contributed by atoms with Gasteiger partial charge in [-0.3, -0.25) is 4.79 Å². The summed E-state index contributed by atoms with van der Waals surface area (Å²) < 4.78 is 5.25. The average molecular weight is 321 g/mol. The lowest BCUT2D eigenvalue weighted by atomic mass is 9.92. The number of pyridine rings is 1. The van der Waals surface area contributed by atoms with E-state index in [0.29, 0.717) is 6.54 Å². The van der Waals surface area contributed by atoms with Gasteiger partial charge in [-0.05, 0) is 41.8 Å². The topological polar surface area (TPSA) is 58.2 Å². The number of ether oxygens (including phenoxy) is 1. The molecule has 2 aromatic heterocycles. The summed E-state index contributed by atoms with van der Waals surface area (Å²) in [6.45, 7) is 2.34. The molecule has 0 aliphatic carbocycles. The van der Waals surface area contributed by atoms with E-state index in [0.717, 1.165) is 34.5 Å². The van der Waals surface area contributed by atoms with Crippen molar-refractivity contribution in [2.75, 3.05) is 13.7 Å². The van der Waals surface area contributed by atoms with E-state index in [1.54, 1.807) is 20.2 Å². The molecular formula is C19H19N3O2. The van der Waals surface area contributed by atoms with Crippen LogP contribution in [0.25, 0.3) is 11.0 Å². The van der Waals surface area contributed by atoms with Crippen molar-refractivity contribution >= 4 is 16.9 Å². The number of carbonyl (C=O) groups excluding carboxylic acids is 1. The SMILES string of the molecule is COc1ccc(C2c3[nH]c4ncccc4c3CCN2C(C)=O)cc1. The minimum absolute atomic E-state index is 0.0769. The third kappa shape index (κ3) is 2.24. The number of nitrogens with zero attached hydrogens (tertiary/aromatic N) is 2. The number of aromatic nitrogens is 2. The molecule has 1 aromatic carbocycles. The second kappa shape index (κ2) is 5.67. The van der Waals surface area contributed by atoms with Gasteiger partial charge in [0.1, 0.15) is 11.4 Å². The Labute approximate surface area is 140 Å². The van der Waals surface area contributed by atoms with Crippen molar-refractivity contribution in [3.05, 3.63) is 59.4 Å². The van der Waals surface area contributed by atoms with Crippen LogP contribution in [0.1, 0.15) is 29.8 Å². The highest BCUT2D eigenvalue weighted by Crippen LogP contribution is 2.38. The van der Waals surface area contributed by atoms with E-state index < -0.39 is 0 Å². The monoisotopic (exact) mass is 321 g/mol. The van der Waals surface area contributed by atoms with Gasteiger partial charge in [-0.2, -0.15) is 0 Å². The van der Waals surface area contributed by atoms with Gasteiger partial charge < -0.3 is 14.6 Å². The lowest BCUT2D eigenvalue weighted by Gasteiger charge is -2.35. The van der Waals surface area contributed by atoms with Crippen molar-refractivity contribution in [2.45, 2.75) is 19.4 Å². The molecule has 0 saturated heterocycles. The van der Waals surface area contributed by atoms with Gasteiger partial charge in [0.2, 0.25) is 5.91 Å². The van der Waals surface area contributed by atoms with Crippen LogP contribution in [0.15, 0.2) is 42.6 Å². The third-order valence-corrected chi connectivity index (χ3v) is 4.73. The van der Waals surface area contributed by atoms with Gasteiger partial charge in [0.25, 0.3) is 0 Å². The maximum absolute atomic E-state index is 12.2. The molecule has 0 saturated carbocycles. The normalized spacial score (nSPS) is 16.9. The van der Waals surface area contributed by atoms with E-state index in [1.165, 1.54) is 5.56 Å². The lowest BCUT2D eigenvalue weighted by Crippen LogP contribution is -2.39. The molecule has 5 heteroatoms. The Balaban J connectivity index is 1.89. The first-order valence-corrected chi connectivity index (χ1v) is 8.05. The molecule has 1 atom stereocenters. The van der Waals surface area contributed by atoms with Gasteiger partial charge in [-0.15, -0.1) is 0 Å².